The second kappa shape index (κ2) is 6.40. The molecule has 0 radical (unpaired) electrons. The van der Waals surface area contributed by atoms with E-state index in [2.05, 4.69) is 21.2 Å². The van der Waals surface area contributed by atoms with Gasteiger partial charge in [-0.15, -0.1) is 0 Å². The Morgan fingerprint density at radius 3 is 2.55 bits per heavy atom. The Morgan fingerprint density at radius 1 is 1.25 bits per heavy atom. The molecule has 0 aliphatic heterocycles. The maximum atomic E-state index is 14.0. The van der Waals surface area contributed by atoms with Gasteiger partial charge >= 0.3 is 0 Å². The Morgan fingerprint density at radius 2 is 1.95 bits per heavy atom. The number of nitrogens with one attached hydrogen (secondary N) is 1. The van der Waals surface area contributed by atoms with Gasteiger partial charge in [-0.3, -0.25) is 0 Å². The van der Waals surface area contributed by atoms with Crippen LogP contribution in [-0.2, 0) is 0 Å². The first-order valence-corrected chi connectivity index (χ1v) is 6.83. The highest BCUT2D eigenvalue weighted by Crippen LogP contribution is 2.29. The van der Waals surface area contributed by atoms with E-state index in [0.29, 0.717) is 12.3 Å². The van der Waals surface area contributed by atoms with E-state index in [1.807, 2.05) is 25.1 Å². The van der Waals surface area contributed by atoms with E-state index in [0.717, 1.165) is 11.4 Å². The summed E-state index contributed by atoms with van der Waals surface area (Å²) in [5.74, 6) is 0.275. The van der Waals surface area contributed by atoms with Crippen molar-refractivity contribution >= 4 is 27.3 Å². The summed E-state index contributed by atoms with van der Waals surface area (Å²) in [7, 11) is 0. The molecule has 102 valence electrons. The molecule has 0 fully saturated rings. The molecule has 2 aromatic carbocycles. The number of hydrogen-bond donors (Lipinski definition) is 1. The molecule has 0 spiro atoms. The molecule has 0 saturated carbocycles. The Bertz CT molecular complexity index is 650. The van der Waals surface area contributed by atoms with Crippen LogP contribution in [0, 0.1) is 17.1 Å². The van der Waals surface area contributed by atoms with Gasteiger partial charge in [0.1, 0.15) is 11.8 Å². The highest BCUT2D eigenvalue weighted by atomic mass is 79.9. The monoisotopic (exact) mass is 334 g/mol. The van der Waals surface area contributed by atoms with Crippen LogP contribution in [0.3, 0.4) is 0 Å². The zero-order valence-corrected chi connectivity index (χ0v) is 12.4. The molecule has 0 aromatic heterocycles. The van der Waals surface area contributed by atoms with Gasteiger partial charge in [-0.05, 0) is 59.3 Å². The number of hydrogen-bond acceptors (Lipinski definition) is 3. The van der Waals surface area contributed by atoms with Crippen LogP contribution in [0.4, 0.5) is 15.8 Å². The highest BCUT2D eigenvalue weighted by Gasteiger charge is 2.11. The second-order valence-electron chi connectivity index (χ2n) is 3.98. The van der Waals surface area contributed by atoms with Gasteiger partial charge in [-0.2, -0.15) is 5.26 Å². The molecule has 0 saturated heterocycles. The van der Waals surface area contributed by atoms with Crippen LogP contribution in [0.2, 0.25) is 0 Å². The molecule has 0 amide bonds. The lowest BCUT2D eigenvalue weighted by atomic mass is 10.2. The largest absolute Gasteiger partial charge is 0.494 e. The third-order valence-corrected chi connectivity index (χ3v) is 3.42. The summed E-state index contributed by atoms with van der Waals surface area (Å²) in [5, 5.41) is 11.8. The normalized spacial score (nSPS) is 9.90. The number of rotatable bonds is 4. The summed E-state index contributed by atoms with van der Waals surface area (Å²) in [5.41, 5.74) is 1.31. The van der Waals surface area contributed by atoms with Crippen molar-refractivity contribution < 1.29 is 9.13 Å². The van der Waals surface area contributed by atoms with Crippen molar-refractivity contribution in [3.05, 3.63) is 52.3 Å². The maximum Gasteiger partial charge on any atom is 0.162 e. The average Bonchev–Trinajstić information content (AvgIpc) is 2.46. The lowest BCUT2D eigenvalue weighted by molar-refractivity contribution is 0.340. The minimum absolute atomic E-state index is 0.163. The Balaban J connectivity index is 2.22. The lowest BCUT2D eigenvalue weighted by Gasteiger charge is -2.10. The van der Waals surface area contributed by atoms with Crippen molar-refractivity contribution in [2.75, 3.05) is 11.9 Å². The van der Waals surface area contributed by atoms with E-state index in [-0.39, 0.29) is 10.0 Å². The second-order valence-corrected chi connectivity index (χ2v) is 4.78. The summed E-state index contributed by atoms with van der Waals surface area (Å²) in [4.78, 5) is 0. The quantitative estimate of drug-likeness (QED) is 0.888. The molecule has 0 atom stereocenters. The number of benzene rings is 2. The SMILES string of the molecule is CCOc1ccc(Nc2ccc(C#N)c(Br)c2F)cc1. The molecule has 0 aliphatic rings. The first-order valence-electron chi connectivity index (χ1n) is 6.03. The molecule has 0 aliphatic carbocycles. The fourth-order valence-corrected chi connectivity index (χ4v) is 2.12. The van der Waals surface area contributed by atoms with E-state index >= 15 is 0 Å². The summed E-state index contributed by atoms with van der Waals surface area (Å²) < 4.78 is 19.6. The predicted molar refractivity (Wildman–Crippen MR) is 79.7 cm³/mol. The summed E-state index contributed by atoms with van der Waals surface area (Å²) in [6.07, 6.45) is 0. The van der Waals surface area contributed by atoms with Crippen LogP contribution in [0.1, 0.15) is 12.5 Å². The fraction of sp³-hybridized carbons (Fsp3) is 0.133. The number of ether oxygens (including phenoxy) is 1. The third kappa shape index (κ3) is 3.09. The van der Waals surface area contributed by atoms with Gasteiger partial charge in [0.25, 0.3) is 0 Å². The smallest absolute Gasteiger partial charge is 0.162 e. The average molecular weight is 335 g/mol. The van der Waals surface area contributed by atoms with Gasteiger partial charge in [-0.25, -0.2) is 4.39 Å². The third-order valence-electron chi connectivity index (χ3n) is 2.65. The minimum Gasteiger partial charge on any atom is -0.494 e. The number of nitrogens with zero attached hydrogens (tertiary/aromatic N) is 1. The Labute approximate surface area is 125 Å². The molecule has 0 heterocycles. The molecule has 5 heteroatoms. The lowest BCUT2D eigenvalue weighted by Crippen LogP contribution is -1.96. The summed E-state index contributed by atoms with van der Waals surface area (Å²) in [6, 6.07) is 12.2. The van der Waals surface area contributed by atoms with E-state index in [1.165, 1.54) is 6.07 Å². The van der Waals surface area contributed by atoms with Crippen molar-refractivity contribution in [3.8, 4) is 11.8 Å². The van der Waals surface area contributed by atoms with Crippen molar-refractivity contribution in [3.63, 3.8) is 0 Å². The van der Waals surface area contributed by atoms with Gasteiger partial charge in [0, 0.05) is 5.69 Å². The topological polar surface area (TPSA) is 45.0 Å². The van der Waals surface area contributed by atoms with Gasteiger partial charge in [0.15, 0.2) is 5.82 Å². The van der Waals surface area contributed by atoms with Gasteiger partial charge < -0.3 is 10.1 Å². The minimum atomic E-state index is -0.488. The molecule has 3 nitrogen and oxygen atoms in total. The van der Waals surface area contributed by atoms with Crippen LogP contribution in [0.25, 0.3) is 0 Å². The maximum absolute atomic E-state index is 14.0. The molecular formula is C15H12BrFN2O. The molecule has 1 N–H and O–H groups in total. The van der Waals surface area contributed by atoms with Crippen molar-refractivity contribution in [1.82, 2.24) is 0 Å². The van der Waals surface area contributed by atoms with Crippen molar-refractivity contribution in [2.45, 2.75) is 6.92 Å². The molecule has 0 bridgehead atoms. The zero-order valence-electron chi connectivity index (χ0n) is 10.8. The molecule has 2 rings (SSSR count). The Kier molecular flexibility index (Phi) is 4.59. The van der Waals surface area contributed by atoms with E-state index in [1.54, 1.807) is 18.2 Å². The number of nitriles is 1. The van der Waals surface area contributed by atoms with Gasteiger partial charge in [-0.1, -0.05) is 0 Å². The molecule has 0 unspecified atom stereocenters. The van der Waals surface area contributed by atoms with E-state index in [4.69, 9.17) is 10.00 Å². The van der Waals surface area contributed by atoms with Crippen LogP contribution in [-0.4, -0.2) is 6.61 Å². The summed E-state index contributed by atoms with van der Waals surface area (Å²) in [6.45, 7) is 2.51. The van der Waals surface area contributed by atoms with Crippen molar-refractivity contribution in [2.24, 2.45) is 0 Å². The van der Waals surface area contributed by atoms with E-state index < -0.39 is 5.82 Å². The first kappa shape index (κ1) is 14.4. The highest BCUT2D eigenvalue weighted by molar-refractivity contribution is 9.10. The first-order chi connectivity index (χ1) is 9.65. The van der Waals surface area contributed by atoms with Crippen LogP contribution < -0.4 is 10.1 Å². The molecular weight excluding hydrogens is 323 g/mol. The number of halogens is 2. The Hall–Kier alpha value is -2.06. The van der Waals surface area contributed by atoms with Crippen LogP contribution in [0.15, 0.2) is 40.9 Å². The van der Waals surface area contributed by atoms with Gasteiger partial charge in [0.05, 0.1) is 22.3 Å². The standard InChI is InChI=1S/C15H12BrFN2O/c1-2-20-12-6-4-11(5-7-12)19-13-8-3-10(9-18)14(16)15(13)17/h3-8,19H,2H2,1H3. The van der Waals surface area contributed by atoms with E-state index in [9.17, 15) is 4.39 Å². The molecule has 2 aromatic rings. The van der Waals surface area contributed by atoms with Crippen molar-refractivity contribution in [1.29, 1.82) is 5.26 Å². The predicted octanol–water partition coefficient (Wildman–Crippen LogP) is 4.60. The van der Waals surface area contributed by atoms with Gasteiger partial charge in [0.2, 0.25) is 0 Å². The summed E-state index contributed by atoms with van der Waals surface area (Å²) >= 11 is 3.08. The number of anilines is 2. The van der Waals surface area contributed by atoms with Crippen LogP contribution >= 0.6 is 15.9 Å². The fourth-order valence-electron chi connectivity index (χ4n) is 1.69. The molecule has 20 heavy (non-hydrogen) atoms. The zero-order chi connectivity index (χ0) is 14.5. The van der Waals surface area contributed by atoms with Crippen LogP contribution in [0.5, 0.6) is 5.75 Å².